The highest BCUT2D eigenvalue weighted by atomic mass is 16.3. The second-order valence-electron chi connectivity index (χ2n) is 13.4. The molecule has 12 heteroatoms. The Kier molecular flexibility index (Phi) is 9.26. The smallest absolute Gasteiger partial charge is 0.182 e. The van der Waals surface area contributed by atoms with Crippen LogP contribution < -0.4 is 10.2 Å². The normalized spacial score (nSPS) is 17.1. The molecule has 0 spiro atoms. The SMILES string of the molecule is Cn1cc(-c2cccc(C3(CO)CCN(c4ncnc5nc[nH]c45)CC3)c2)cn1.Cn1cc(-c2cccc(C3(CO)CCNCC3)c2)cn1. The van der Waals surface area contributed by atoms with E-state index in [-0.39, 0.29) is 24.0 Å². The van der Waals surface area contributed by atoms with Crippen molar-refractivity contribution in [2.75, 3.05) is 44.3 Å². The quantitative estimate of drug-likeness (QED) is 0.200. The topological polar surface area (TPSA) is 146 Å². The third-order valence-corrected chi connectivity index (χ3v) is 10.4. The van der Waals surface area contributed by atoms with E-state index in [9.17, 15) is 10.2 Å². The number of imidazole rings is 1. The fraction of sp³-hybridized carbons (Fsp3) is 0.378. The molecule has 2 aliphatic heterocycles. The van der Waals surface area contributed by atoms with Gasteiger partial charge in [-0.1, -0.05) is 48.5 Å². The van der Waals surface area contributed by atoms with Crippen molar-refractivity contribution in [2.45, 2.75) is 36.5 Å². The van der Waals surface area contributed by atoms with E-state index < -0.39 is 0 Å². The highest BCUT2D eigenvalue weighted by molar-refractivity contribution is 5.82. The highest BCUT2D eigenvalue weighted by Gasteiger charge is 2.37. The Morgan fingerprint density at radius 3 is 1.82 bits per heavy atom. The van der Waals surface area contributed by atoms with Gasteiger partial charge in [0.05, 0.1) is 31.9 Å². The van der Waals surface area contributed by atoms with Gasteiger partial charge >= 0.3 is 0 Å². The van der Waals surface area contributed by atoms with Crippen LogP contribution in [0, 0.1) is 0 Å². The molecule has 2 aromatic carbocycles. The maximum absolute atomic E-state index is 10.4. The minimum Gasteiger partial charge on any atom is -0.395 e. The zero-order valence-corrected chi connectivity index (χ0v) is 28.1. The lowest BCUT2D eigenvalue weighted by Crippen LogP contribution is -2.45. The van der Waals surface area contributed by atoms with Gasteiger partial charge in [-0.15, -0.1) is 0 Å². The number of aliphatic hydroxyl groups excluding tert-OH is 2. The summed E-state index contributed by atoms with van der Waals surface area (Å²) in [7, 11) is 3.84. The molecule has 2 fully saturated rings. The number of nitrogens with zero attached hydrogens (tertiary/aromatic N) is 8. The van der Waals surface area contributed by atoms with Crippen LogP contribution in [0.5, 0.6) is 0 Å². The summed E-state index contributed by atoms with van der Waals surface area (Å²) < 4.78 is 3.62. The Labute approximate surface area is 285 Å². The van der Waals surface area contributed by atoms with Crippen molar-refractivity contribution >= 4 is 17.0 Å². The van der Waals surface area contributed by atoms with Crippen LogP contribution in [-0.2, 0) is 24.9 Å². The average molecular weight is 661 g/mol. The Morgan fingerprint density at radius 1 is 0.714 bits per heavy atom. The van der Waals surface area contributed by atoms with Crippen molar-refractivity contribution in [1.29, 1.82) is 0 Å². The Hall–Kier alpha value is -4.91. The van der Waals surface area contributed by atoms with E-state index in [0.717, 1.165) is 79.9 Å². The van der Waals surface area contributed by atoms with E-state index in [4.69, 9.17) is 0 Å². The molecule has 2 saturated heterocycles. The number of aromatic amines is 1. The van der Waals surface area contributed by atoms with Gasteiger partial charge in [0.1, 0.15) is 11.8 Å². The van der Waals surface area contributed by atoms with Gasteiger partial charge in [0.15, 0.2) is 11.5 Å². The summed E-state index contributed by atoms with van der Waals surface area (Å²) in [4.78, 5) is 18.3. The van der Waals surface area contributed by atoms with Gasteiger partial charge in [-0.3, -0.25) is 9.36 Å². The van der Waals surface area contributed by atoms with Gasteiger partial charge in [0.25, 0.3) is 0 Å². The third kappa shape index (κ3) is 6.59. The molecule has 6 heterocycles. The molecule has 4 aromatic heterocycles. The molecule has 254 valence electrons. The van der Waals surface area contributed by atoms with Crippen LogP contribution in [0.25, 0.3) is 33.4 Å². The largest absolute Gasteiger partial charge is 0.395 e. The zero-order valence-electron chi connectivity index (χ0n) is 28.1. The first-order chi connectivity index (χ1) is 23.9. The van der Waals surface area contributed by atoms with Crippen LogP contribution in [0.3, 0.4) is 0 Å². The van der Waals surface area contributed by atoms with Gasteiger partial charge in [0.2, 0.25) is 0 Å². The average Bonchev–Trinajstić information content (AvgIpc) is 3.94. The summed E-state index contributed by atoms with van der Waals surface area (Å²) in [5.74, 6) is 0.878. The number of H-pyrrole nitrogens is 1. The van der Waals surface area contributed by atoms with Gasteiger partial charge in [0, 0.05) is 61.5 Å². The Morgan fingerprint density at radius 2 is 1.29 bits per heavy atom. The van der Waals surface area contributed by atoms with Gasteiger partial charge in [-0.2, -0.15) is 10.2 Å². The molecule has 0 aliphatic carbocycles. The molecule has 2 aliphatic rings. The first kappa shape index (κ1) is 32.6. The molecule has 0 bridgehead atoms. The summed E-state index contributed by atoms with van der Waals surface area (Å²) in [5.41, 5.74) is 8.11. The minimum atomic E-state index is -0.255. The van der Waals surface area contributed by atoms with E-state index in [1.165, 1.54) is 16.7 Å². The molecule has 0 atom stereocenters. The van der Waals surface area contributed by atoms with Crippen LogP contribution in [-0.4, -0.2) is 89.1 Å². The van der Waals surface area contributed by atoms with Crippen LogP contribution in [0.1, 0.15) is 36.8 Å². The standard InChI is InChI=1S/C21H23N7O.C16H21N3O/c1-27-11-16(10-26-27)15-3-2-4-17(9-15)21(12-29)5-7-28(8-6-21)20-18-19(23-13-22-18)24-14-25-20;1-19-11-14(10-18-19)13-3-2-4-15(9-13)16(12-20)5-7-17-8-6-16/h2-4,9-11,13-14,29H,5-8,12H2,1H3,(H,22,23,24,25);2-4,9-11,17,20H,5-8,12H2,1H3. The predicted molar refractivity (Wildman–Crippen MR) is 190 cm³/mol. The number of rotatable bonds is 7. The third-order valence-electron chi connectivity index (χ3n) is 10.4. The Balaban J connectivity index is 0.000000166. The van der Waals surface area contributed by atoms with Crippen molar-refractivity contribution < 1.29 is 10.2 Å². The molecular weight excluding hydrogens is 616 g/mol. The van der Waals surface area contributed by atoms with Gasteiger partial charge in [-0.05, 0) is 61.0 Å². The number of aromatic nitrogens is 8. The molecule has 0 amide bonds. The summed E-state index contributed by atoms with van der Waals surface area (Å²) in [5, 5.41) is 32.2. The molecule has 12 nitrogen and oxygen atoms in total. The van der Waals surface area contributed by atoms with E-state index in [2.05, 4.69) is 88.9 Å². The molecule has 0 unspecified atom stereocenters. The van der Waals surface area contributed by atoms with Crippen molar-refractivity contribution in [3.63, 3.8) is 0 Å². The van der Waals surface area contributed by atoms with E-state index in [1.807, 2.05) is 43.6 Å². The summed E-state index contributed by atoms with van der Waals surface area (Å²) in [6.07, 6.45) is 14.7. The number of aryl methyl sites for hydroxylation is 2. The number of benzene rings is 2. The van der Waals surface area contributed by atoms with E-state index in [0.29, 0.717) is 5.65 Å². The molecule has 4 N–H and O–H groups in total. The van der Waals surface area contributed by atoms with Crippen molar-refractivity contribution in [3.8, 4) is 22.3 Å². The van der Waals surface area contributed by atoms with E-state index >= 15 is 0 Å². The second kappa shape index (κ2) is 13.9. The molecule has 0 saturated carbocycles. The molecule has 8 rings (SSSR count). The number of anilines is 1. The van der Waals surface area contributed by atoms with Gasteiger partial charge in [-0.25, -0.2) is 15.0 Å². The molecule has 0 radical (unpaired) electrons. The van der Waals surface area contributed by atoms with Crippen molar-refractivity contribution in [3.05, 3.63) is 97.1 Å². The maximum Gasteiger partial charge on any atom is 0.182 e. The number of nitrogens with one attached hydrogen (secondary N) is 2. The summed E-state index contributed by atoms with van der Waals surface area (Å²) in [6, 6.07) is 17.0. The fourth-order valence-electron chi connectivity index (χ4n) is 7.32. The minimum absolute atomic E-state index is 0.0938. The van der Waals surface area contributed by atoms with Gasteiger partial charge < -0.3 is 25.4 Å². The van der Waals surface area contributed by atoms with Crippen LogP contribution in [0.15, 0.2) is 86.0 Å². The molecular formula is C37H44N10O2. The van der Waals surface area contributed by atoms with Crippen LogP contribution in [0.2, 0.25) is 0 Å². The summed E-state index contributed by atoms with van der Waals surface area (Å²) in [6.45, 7) is 3.90. The first-order valence-electron chi connectivity index (χ1n) is 16.9. The zero-order chi connectivity index (χ0) is 33.8. The molecule has 6 aromatic rings. The maximum atomic E-state index is 10.4. The second-order valence-corrected chi connectivity index (χ2v) is 13.4. The van der Waals surface area contributed by atoms with Crippen LogP contribution in [0.4, 0.5) is 5.82 Å². The van der Waals surface area contributed by atoms with Crippen LogP contribution >= 0.6 is 0 Å². The number of aliphatic hydroxyl groups is 2. The van der Waals surface area contributed by atoms with Crippen molar-refractivity contribution in [1.82, 2.24) is 44.8 Å². The molecule has 49 heavy (non-hydrogen) atoms. The number of piperidine rings is 2. The predicted octanol–water partition coefficient (Wildman–Crippen LogP) is 3.98. The summed E-state index contributed by atoms with van der Waals surface area (Å²) >= 11 is 0. The Bertz CT molecular complexity index is 2000. The highest BCUT2D eigenvalue weighted by Crippen LogP contribution is 2.39. The monoisotopic (exact) mass is 660 g/mol. The lowest BCUT2D eigenvalue weighted by molar-refractivity contribution is 0.158. The lowest BCUT2D eigenvalue weighted by atomic mass is 9.73. The van der Waals surface area contributed by atoms with E-state index in [1.54, 1.807) is 17.3 Å². The lowest BCUT2D eigenvalue weighted by Gasteiger charge is -2.41. The number of hydrogen-bond acceptors (Lipinski definition) is 9. The fourth-order valence-corrected chi connectivity index (χ4v) is 7.32. The number of fused-ring (bicyclic) bond motifs is 1. The van der Waals surface area contributed by atoms with Crippen molar-refractivity contribution in [2.24, 2.45) is 14.1 Å². The first-order valence-corrected chi connectivity index (χ1v) is 16.9. The number of hydrogen-bond donors (Lipinski definition) is 4.